The molecule has 2 aliphatic carbocycles. The lowest BCUT2D eigenvalue weighted by Gasteiger charge is -2.31. The third kappa shape index (κ3) is 2.75. The van der Waals surface area contributed by atoms with Gasteiger partial charge in [-0.05, 0) is 43.1 Å². The minimum Gasteiger partial charge on any atom is -0.314 e. The first-order valence-corrected chi connectivity index (χ1v) is 6.87. The lowest BCUT2D eigenvalue weighted by molar-refractivity contribution is 0.239. The van der Waals surface area contributed by atoms with Gasteiger partial charge in [-0.1, -0.05) is 40.0 Å². The molecule has 2 aliphatic rings. The molecule has 0 radical (unpaired) electrons. The minimum absolute atomic E-state index is 0.634. The summed E-state index contributed by atoms with van der Waals surface area (Å²) in [4.78, 5) is 0. The molecule has 0 spiro atoms. The van der Waals surface area contributed by atoms with E-state index in [4.69, 9.17) is 0 Å². The number of hydrogen-bond acceptors (Lipinski definition) is 1. The molecule has 0 bridgehead atoms. The van der Waals surface area contributed by atoms with Crippen LogP contribution in [0.4, 0.5) is 0 Å². The highest BCUT2D eigenvalue weighted by atomic mass is 14.9. The second-order valence-electron chi connectivity index (χ2n) is 6.39. The van der Waals surface area contributed by atoms with Gasteiger partial charge in [0.05, 0.1) is 0 Å². The fraction of sp³-hybridized carbons (Fsp3) is 1.00. The van der Waals surface area contributed by atoms with E-state index in [1.54, 1.807) is 0 Å². The normalized spacial score (nSPS) is 31.0. The Morgan fingerprint density at radius 1 is 1.33 bits per heavy atom. The summed E-state index contributed by atoms with van der Waals surface area (Å²) in [6.45, 7) is 8.34. The molecule has 1 nitrogen and oxygen atoms in total. The molecule has 1 heteroatoms. The SMILES string of the molecule is CCCNC(CC1CCC1)C1CC1(C)C. The van der Waals surface area contributed by atoms with E-state index in [0.717, 1.165) is 17.9 Å². The van der Waals surface area contributed by atoms with Crippen LogP contribution >= 0.6 is 0 Å². The molecule has 1 N–H and O–H groups in total. The molecule has 2 unspecified atom stereocenters. The van der Waals surface area contributed by atoms with Gasteiger partial charge >= 0.3 is 0 Å². The van der Waals surface area contributed by atoms with Crippen molar-refractivity contribution in [2.75, 3.05) is 6.54 Å². The van der Waals surface area contributed by atoms with Crippen molar-refractivity contribution in [3.05, 3.63) is 0 Å². The van der Waals surface area contributed by atoms with Crippen LogP contribution in [0.15, 0.2) is 0 Å². The van der Waals surface area contributed by atoms with Gasteiger partial charge in [-0.25, -0.2) is 0 Å². The van der Waals surface area contributed by atoms with Crippen molar-refractivity contribution in [1.29, 1.82) is 0 Å². The Bertz CT molecular complexity index is 205. The summed E-state index contributed by atoms with van der Waals surface area (Å²) in [7, 11) is 0. The van der Waals surface area contributed by atoms with Crippen molar-refractivity contribution in [2.24, 2.45) is 17.3 Å². The van der Waals surface area contributed by atoms with Crippen LogP contribution in [0.1, 0.15) is 59.3 Å². The zero-order valence-electron chi connectivity index (χ0n) is 10.7. The topological polar surface area (TPSA) is 12.0 Å². The van der Waals surface area contributed by atoms with E-state index in [2.05, 4.69) is 26.1 Å². The van der Waals surface area contributed by atoms with E-state index in [0.29, 0.717) is 5.41 Å². The van der Waals surface area contributed by atoms with Crippen LogP contribution in [0.25, 0.3) is 0 Å². The summed E-state index contributed by atoms with van der Waals surface area (Å²) >= 11 is 0. The van der Waals surface area contributed by atoms with Crippen LogP contribution in [0.5, 0.6) is 0 Å². The summed E-state index contributed by atoms with van der Waals surface area (Å²) in [6, 6.07) is 0.824. The average molecular weight is 209 g/mol. The van der Waals surface area contributed by atoms with Crippen LogP contribution in [0.3, 0.4) is 0 Å². The molecule has 88 valence electrons. The van der Waals surface area contributed by atoms with Gasteiger partial charge in [-0.15, -0.1) is 0 Å². The number of nitrogens with one attached hydrogen (secondary N) is 1. The maximum atomic E-state index is 3.79. The fourth-order valence-electron chi connectivity index (χ4n) is 3.00. The van der Waals surface area contributed by atoms with Crippen molar-refractivity contribution in [1.82, 2.24) is 5.32 Å². The third-order valence-electron chi connectivity index (χ3n) is 4.54. The van der Waals surface area contributed by atoms with Crippen molar-refractivity contribution < 1.29 is 0 Å². The zero-order valence-corrected chi connectivity index (χ0v) is 10.7. The summed E-state index contributed by atoms with van der Waals surface area (Å²) in [5, 5.41) is 3.79. The zero-order chi connectivity index (χ0) is 10.9. The Morgan fingerprint density at radius 2 is 2.00 bits per heavy atom. The fourth-order valence-corrected chi connectivity index (χ4v) is 3.00. The van der Waals surface area contributed by atoms with Gasteiger partial charge in [0.25, 0.3) is 0 Å². The van der Waals surface area contributed by atoms with Gasteiger partial charge < -0.3 is 5.32 Å². The van der Waals surface area contributed by atoms with Gasteiger partial charge in [0.1, 0.15) is 0 Å². The molecule has 2 rings (SSSR count). The first-order valence-electron chi connectivity index (χ1n) is 6.87. The predicted octanol–water partition coefficient (Wildman–Crippen LogP) is 3.59. The van der Waals surface area contributed by atoms with Crippen LogP contribution in [0.2, 0.25) is 0 Å². The standard InChI is InChI=1S/C14H27N/c1-4-8-15-13(9-11-6-5-7-11)12-10-14(12,2)3/h11-13,15H,4-10H2,1-3H3. The summed E-state index contributed by atoms with van der Waals surface area (Å²) in [6.07, 6.45) is 8.65. The van der Waals surface area contributed by atoms with E-state index in [1.807, 2.05) is 0 Å². The highest BCUT2D eigenvalue weighted by Gasteiger charge is 2.50. The van der Waals surface area contributed by atoms with Crippen LogP contribution < -0.4 is 5.32 Å². The van der Waals surface area contributed by atoms with Gasteiger partial charge in [0.2, 0.25) is 0 Å². The molecular formula is C14H27N. The Kier molecular flexibility index (Phi) is 3.39. The van der Waals surface area contributed by atoms with E-state index < -0.39 is 0 Å². The van der Waals surface area contributed by atoms with Crippen LogP contribution in [0, 0.1) is 17.3 Å². The van der Waals surface area contributed by atoms with Crippen LogP contribution in [-0.4, -0.2) is 12.6 Å². The Labute approximate surface area is 95.0 Å². The predicted molar refractivity (Wildman–Crippen MR) is 65.9 cm³/mol. The van der Waals surface area contributed by atoms with Crippen molar-refractivity contribution >= 4 is 0 Å². The second-order valence-corrected chi connectivity index (χ2v) is 6.39. The number of hydrogen-bond donors (Lipinski definition) is 1. The van der Waals surface area contributed by atoms with Gasteiger partial charge in [-0.3, -0.25) is 0 Å². The van der Waals surface area contributed by atoms with Crippen molar-refractivity contribution in [3.8, 4) is 0 Å². The molecule has 0 aromatic carbocycles. The maximum absolute atomic E-state index is 3.79. The van der Waals surface area contributed by atoms with Crippen molar-refractivity contribution in [2.45, 2.75) is 65.3 Å². The second kappa shape index (κ2) is 4.45. The van der Waals surface area contributed by atoms with Crippen molar-refractivity contribution in [3.63, 3.8) is 0 Å². The molecule has 2 atom stereocenters. The van der Waals surface area contributed by atoms with Gasteiger partial charge in [-0.2, -0.15) is 0 Å². The molecule has 2 fully saturated rings. The molecule has 2 saturated carbocycles. The van der Waals surface area contributed by atoms with E-state index in [9.17, 15) is 0 Å². The molecule has 0 amide bonds. The lowest BCUT2D eigenvalue weighted by Crippen LogP contribution is -2.36. The average Bonchev–Trinajstić information content (AvgIpc) is 2.72. The summed E-state index contributed by atoms with van der Waals surface area (Å²) < 4.78 is 0. The van der Waals surface area contributed by atoms with Gasteiger partial charge in [0.15, 0.2) is 0 Å². The summed E-state index contributed by atoms with van der Waals surface area (Å²) in [5.74, 6) is 2.01. The van der Waals surface area contributed by atoms with Crippen LogP contribution in [-0.2, 0) is 0 Å². The Balaban J connectivity index is 1.79. The maximum Gasteiger partial charge on any atom is 0.0103 e. The van der Waals surface area contributed by atoms with E-state index in [1.165, 1.54) is 45.1 Å². The smallest absolute Gasteiger partial charge is 0.0103 e. The lowest BCUT2D eigenvalue weighted by atomic mass is 9.79. The molecule has 15 heavy (non-hydrogen) atoms. The monoisotopic (exact) mass is 209 g/mol. The summed E-state index contributed by atoms with van der Waals surface area (Å²) in [5.41, 5.74) is 0.634. The van der Waals surface area contributed by atoms with E-state index >= 15 is 0 Å². The first-order chi connectivity index (χ1) is 7.13. The quantitative estimate of drug-likeness (QED) is 0.705. The first kappa shape index (κ1) is 11.4. The molecule has 0 aromatic rings. The van der Waals surface area contributed by atoms with Gasteiger partial charge in [0, 0.05) is 6.04 Å². The Morgan fingerprint density at radius 3 is 2.40 bits per heavy atom. The molecular weight excluding hydrogens is 182 g/mol. The minimum atomic E-state index is 0.634. The third-order valence-corrected chi connectivity index (χ3v) is 4.54. The highest BCUT2D eigenvalue weighted by molar-refractivity contribution is 5.02. The molecule has 0 heterocycles. The molecule has 0 aliphatic heterocycles. The number of rotatable bonds is 6. The molecule has 0 aromatic heterocycles. The largest absolute Gasteiger partial charge is 0.314 e. The highest BCUT2D eigenvalue weighted by Crippen LogP contribution is 2.55. The molecule has 0 saturated heterocycles. The Hall–Kier alpha value is -0.0400. The van der Waals surface area contributed by atoms with E-state index in [-0.39, 0.29) is 0 Å².